The predicted octanol–water partition coefficient (Wildman–Crippen LogP) is 3.39. The Hall–Kier alpha value is -2.20. The molecule has 0 amide bonds. The summed E-state index contributed by atoms with van der Waals surface area (Å²) in [5.74, 6) is -0.920. The Balaban J connectivity index is 2.02. The summed E-state index contributed by atoms with van der Waals surface area (Å²) in [5, 5.41) is 0.0566. The van der Waals surface area contributed by atoms with E-state index in [9.17, 15) is 9.59 Å². The van der Waals surface area contributed by atoms with Crippen LogP contribution < -0.4 is 0 Å². The van der Waals surface area contributed by atoms with Crippen LogP contribution in [-0.4, -0.2) is 23.3 Å². The standard InChI is InChI=1S/C16H14ClNO3/c1-10-5-6-12(8-11(10)2)14(19)9-21-16(20)13-4-3-7-18-15(13)17/h3-8H,9H2,1-2H3. The van der Waals surface area contributed by atoms with Crippen LogP contribution in [-0.2, 0) is 4.74 Å². The number of rotatable bonds is 4. The minimum atomic E-state index is -0.662. The van der Waals surface area contributed by atoms with E-state index in [4.69, 9.17) is 16.3 Å². The van der Waals surface area contributed by atoms with Gasteiger partial charge in [-0.15, -0.1) is 0 Å². The average Bonchev–Trinajstić information content (AvgIpc) is 2.47. The summed E-state index contributed by atoms with van der Waals surface area (Å²) in [5.41, 5.74) is 2.78. The Bertz CT molecular complexity index is 698. The second-order valence-corrected chi connectivity index (χ2v) is 5.00. The zero-order valence-electron chi connectivity index (χ0n) is 11.7. The van der Waals surface area contributed by atoms with Gasteiger partial charge in [-0.05, 0) is 43.2 Å². The third kappa shape index (κ3) is 3.67. The molecule has 0 atom stereocenters. The highest BCUT2D eigenvalue weighted by Gasteiger charge is 2.15. The normalized spacial score (nSPS) is 10.2. The Morgan fingerprint density at radius 2 is 1.95 bits per heavy atom. The van der Waals surface area contributed by atoms with Gasteiger partial charge in [-0.1, -0.05) is 23.7 Å². The molecule has 0 unspecified atom stereocenters. The Morgan fingerprint density at radius 1 is 1.19 bits per heavy atom. The zero-order valence-corrected chi connectivity index (χ0v) is 12.5. The van der Waals surface area contributed by atoms with Crippen LogP contribution in [0.2, 0.25) is 5.15 Å². The molecule has 0 saturated carbocycles. The molecule has 1 aromatic heterocycles. The highest BCUT2D eigenvalue weighted by Crippen LogP contribution is 2.14. The lowest BCUT2D eigenvalue weighted by molar-refractivity contribution is 0.0474. The second-order valence-electron chi connectivity index (χ2n) is 4.64. The van der Waals surface area contributed by atoms with Crippen LogP contribution in [0.1, 0.15) is 31.8 Å². The fourth-order valence-electron chi connectivity index (χ4n) is 1.75. The van der Waals surface area contributed by atoms with Gasteiger partial charge in [0.05, 0.1) is 5.56 Å². The molecule has 2 aromatic rings. The third-order valence-corrected chi connectivity index (χ3v) is 3.44. The van der Waals surface area contributed by atoms with Crippen molar-refractivity contribution in [1.82, 2.24) is 4.98 Å². The maximum Gasteiger partial charge on any atom is 0.341 e. The van der Waals surface area contributed by atoms with Crippen LogP contribution in [0.5, 0.6) is 0 Å². The lowest BCUT2D eigenvalue weighted by atomic mass is 10.0. The number of hydrogen-bond acceptors (Lipinski definition) is 4. The van der Waals surface area contributed by atoms with E-state index >= 15 is 0 Å². The number of carbonyl (C=O) groups is 2. The van der Waals surface area contributed by atoms with E-state index in [1.54, 1.807) is 18.2 Å². The molecule has 0 bridgehead atoms. The molecule has 4 nitrogen and oxygen atoms in total. The summed E-state index contributed by atoms with van der Waals surface area (Å²) >= 11 is 5.79. The smallest absolute Gasteiger partial charge is 0.341 e. The number of esters is 1. The van der Waals surface area contributed by atoms with E-state index in [0.717, 1.165) is 11.1 Å². The SMILES string of the molecule is Cc1ccc(C(=O)COC(=O)c2cccnc2Cl)cc1C. The number of ketones is 1. The van der Waals surface area contributed by atoms with Crippen molar-refractivity contribution in [3.63, 3.8) is 0 Å². The quantitative estimate of drug-likeness (QED) is 0.493. The summed E-state index contributed by atoms with van der Waals surface area (Å²) in [6.07, 6.45) is 1.47. The molecule has 108 valence electrons. The van der Waals surface area contributed by atoms with Gasteiger partial charge in [0, 0.05) is 11.8 Å². The van der Waals surface area contributed by atoms with E-state index in [-0.39, 0.29) is 23.1 Å². The van der Waals surface area contributed by atoms with Crippen molar-refractivity contribution in [3.05, 3.63) is 63.9 Å². The van der Waals surface area contributed by atoms with Gasteiger partial charge in [0.2, 0.25) is 0 Å². The lowest BCUT2D eigenvalue weighted by Gasteiger charge is -2.07. The van der Waals surface area contributed by atoms with Gasteiger partial charge in [0.1, 0.15) is 5.15 Å². The van der Waals surface area contributed by atoms with Crippen molar-refractivity contribution in [2.24, 2.45) is 0 Å². The number of pyridine rings is 1. The second kappa shape index (κ2) is 6.50. The first-order valence-electron chi connectivity index (χ1n) is 6.37. The number of ether oxygens (including phenoxy) is 1. The monoisotopic (exact) mass is 303 g/mol. The third-order valence-electron chi connectivity index (χ3n) is 3.14. The number of Topliss-reactive ketones (excluding diaryl/α,β-unsaturated/α-hetero) is 1. The largest absolute Gasteiger partial charge is 0.454 e. The average molecular weight is 304 g/mol. The number of benzene rings is 1. The van der Waals surface area contributed by atoms with Crippen LogP contribution in [0.25, 0.3) is 0 Å². The molecule has 1 aromatic carbocycles. The first kappa shape index (κ1) is 15.2. The minimum Gasteiger partial charge on any atom is -0.454 e. The molecule has 0 radical (unpaired) electrons. The number of aromatic nitrogens is 1. The molecule has 0 spiro atoms. The van der Waals surface area contributed by atoms with Crippen molar-refractivity contribution in [2.45, 2.75) is 13.8 Å². The van der Waals surface area contributed by atoms with Gasteiger partial charge in [-0.25, -0.2) is 9.78 Å². The molecule has 0 saturated heterocycles. The van der Waals surface area contributed by atoms with E-state index < -0.39 is 5.97 Å². The zero-order chi connectivity index (χ0) is 15.4. The van der Waals surface area contributed by atoms with Crippen molar-refractivity contribution >= 4 is 23.4 Å². The summed E-state index contributed by atoms with van der Waals surface area (Å²) < 4.78 is 4.98. The number of hydrogen-bond donors (Lipinski definition) is 0. The van der Waals surface area contributed by atoms with Crippen LogP contribution in [0, 0.1) is 13.8 Å². The van der Waals surface area contributed by atoms with Gasteiger partial charge >= 0.3 is 5.97 Å². The van der Waals surface area contributed by atoms with Gasteiger partial charge in [-0.3, -0.25) is 4.79 Å². The highest BCUT2D eigenvalue weighted by atomic mass is 35.5. The fourth-order valence-corrected chi connectivity index (χ4v) is 1.94. The molecule has 2 rings (SSSR count). The molecule has 0 N–H and O–H groups in total. The molecule has 21 heavy (non-hydrogen) atoms. The van der Waals surface area contributed by atoms with E-state index in [0.29, 0.717) is 5.56 Å². The van der Waals surface area contributed by atoms with Crippen LogP contribution in [0.15, 0.2) is 36.5 Å². The molecule has 1 heterocycles. The van der Waals surface area contributed by atoms with Gasteiger partial charge in [-0.2, -0.15) is 0 Å². The molecule has 5 heteroatoms. The molecular weight excluding hydrogens is 290 g/mol. The molecule has 0 aliphatic rings. The summed E-state index contributed by atoms with van der Waals surface area (Å²) in [6.45, 7) is 3.56. The number of carbonyl (C=O) groups excluding carboxylic acids is 2. The van der Waals surface area contributed by atoms with Gasteiger partial charge < -0.3 is 4.74 Å². The molecule has 0 aliphatic carbocycles. The van der Waals surface area contributed by atoms with Gasteiger partial charge in [0.15, 0.2) is 12.4 Å². The molecular formula is C16H14ClNO3. The van der Waals surface area contributed by atoms with Crippen LogP contribution in [0.3, 0.4) is 0 Å². The Morgan fingerprint density at radius 3 is 2.62 bits per heavy atom. The Labute approximate surface area is 127 Å². The maximum atomic E-state index is 12.0. The van der Waals surface area contributed by atoms with Crippen molar-refractivity contribution in [3.8, 4) is 0 Å². The number of halogens is 1. The number of nitrogens with zero attached hydrogens (tertiary/aromatic N) is 1. The van der Waals surface area contributed by atoms with E-state index in [1.807, 2.05) is 19.9 Å². The van der Waals surface area contributed by atoms with Crippen molar-refractivity contribution < 1.29 is 14.3 Å². The lowest BCUT2D eigenvalue weighted by Crippen LogP contribution is -2.15. The fraction of sp³-hybridized carbons (Fsp3) is 0.188. The van der Waals surface area contributed by atoms with Crippen molar-refractivity contribution in [2.75, 3.05) is 6.61 Å². The minimum absolute atomic E-state index is 0.0566. The topological polar surface area (TPSA) is 56.3 Å². The first-order chi connectivity index (χ1) is 9.99. The first-order valence-corrected chi connectivity index (χ1v) is 6.75. The van der Waals surface area contributed by atoms with Gasteiger partial charge in [0.25, 0.3) is 0 Å². The van der Waals surface area contributed by atoms with Crippen molar-refractivity contribution in [1.29, 1.82) is 0 Å². The highest BCUT2D eigenvalue weighted by molar-refractivity contribution is 6.32. The number of aryl methyl sites for hydroxylation is 2. The summed E-state index contributed by atoms with van der Waals surface area (Å²) in [6, 6.07) is 8.44. The predicted molar refractivity (Wildman–Crippen MR) is 79.8 cm³/mol. The molecule has 0 aliphatic heterocycles. The summed E-state index contributed by atoms with van der Waals surface area (Å²) in [4.78, 5) is 27.6. The maximum absolute atomic E-state index is 12.0. The Kier molecular flexibility index (Phi) is 4.70. The van der Waals surface area contributed by atoms with Crippen LogP contribution in [0.4, 0.5) is 0 Å². The molecule has 0 fully saturated rings. The summed E-state index contributed by atoms with van der Waals surface area (Å²) in [7, 11) is 0. The van der Waals surface area contributed by atoms with E-state index in [2.05, 4.69) is 4.98 Å². The van der Waals surface area contributed by atoms with Crippen LogP contribution >= 0.6 is 11.6 Å². The van der Waals surface area contributed by atoms with E-state index in [1.165, 1.54) is 12.3 Å².